The van der Waals surface area contributed by atoms with Crippen molar-refractivity contribution in [2.75, 3.05) is 26.2 Å². The van der Waals surface area contributed by atoms with Crippen LogP contribution in [-0.4, -0.2) is 41.8 Å². The fourth-order valence-corrected chi connectivity index (χ4v) is 2.49. The smallest absolute Gasteiger partial charge is 0.119 e. The number of nitrogens with zero attached hydrogens (tertiary/aromatic N) is 1. The molecule has 0 spiro atoms. The highest BCUT2D eigenvalue weighted by atomic mass is 35.5. The molecule has 2 rings (SSSR count). The highest BCUT2D eigenvalue weighted by molar-refractivity contribution is 6.30. The van der Waals surface area contributed by atoms with Crippen LogP contribution in [0.3, 0.4) is 0 Å². The van der Waals surface area contributed by atoms with Crippen molar-refractivity contribution in [3.8, 4) is 5.75 Å². The average molecular weight is 284 g/mol. The fraction of sp³-hybridized carbons (Fsp3) is 0.600. The van der Waals surface area contributed by atoms with Crippen LogP contribution in [0.5, 0.6) is 5.75 Å². The lowest BCUT2D eigenvalue weighted by Gasteiger charge is -2.22. The second-order valence-electron chi connectivity index (χ2n) is 5.49. The standard InChI is InChI=1S/C15H22ClNO2/c1-15(18)7-2-9-17(10-8-15)11-12-19-14-5-3-13(16)4-6-14/h3-6,18H,2,7-12H2,1H3. The van der Waals surface area contributed by atoms with Crippen molar-refractivity contribution in [2.45, 2.75) is 31.8 Å². The molecule has 0 amide bonds. The van der Waals surface area contributed by atoms with Gasteiger partial charge in [0.05, 0.1) is 5.60 Å². The zero-order valence-corrected chi connectivity index (χ0v) is 12.2. The van der Waals surface area contributed by atoms with Gasteiger partial charge in [-0.15, -0.1) is 0 Å². The number of likely N-dealkylation sites (tertiary alicyclic amines) is 1. The van der Waals surface area contributed by atoms with E-state index in [1.165, 1.54) is 0 Å². The summed E-state index contributed by atoms with van der Waals surface area (Å²) in [5.74, 6) is 0.853. The molecule has 1 heterocycles. The van der Waals surface area contributed by atoms with Crippen molar-refractivity contribution >= 4 is 11.6 Å². The Kier molecular flexibility index (Phi) is 5.08. The molecule has 1 unspecified atom stereocenters. The van der Waals surface area contributed by atoms with Gasteiger partial charge in [-0.05, 0) is 57.0 Å². The molecule has 1 aromatic carbocycles. The summed E-state index contributed by atoms with van der Waals surface area (Å²) in [6.07, 6.45) is 2.78. The summed E-state index contributed by atoms with van der Waals surface area (Å²) in [5, 5.41) is 10.8. The third-order valence-electron chi connectivity index (χ3n) is 3.65. The van der Waals surface area contributed by atoms with Gasteiger partial charge in [-0.25, -0.2) is 0 Å². The van der Waals surface area contributed by atoms with Gasteiger partial charge in [-0.2, -0.15) is 0 Å². The molecule has 0 aliphatic carbocycles. The molecule has 106 valence electrons. The summed E-state index contributed by atoms with van der Waals surface area (Å²) in [4.78, 5) is 2.36. The fourth-order valence-electron chi connectivity index (χ4n) is 2.37. The number of benzene rings is 1. The van der Waals surface area contributed by atoms with Gasteiger partial charge in [-0.3, -0.25) is 4.90 Å². The van der Waals surface area contributed by atoms with E-state index in [-0.39, 0.29) is 0 Å². The highest BCUT2D eigenvalue weighted by Crippen LogP contribution is 2.21. The number of hydrogen-bond donors (Lipinski definition) is 1. The van der Waals surface area contributed by atoms with Crippen molar-refractivity contribution in [1.82, 2.24) is 4.90 Å². The third-order valence-corrected chi connectivity index (χ3v) is 3.90. The van der Waals surface area contributed by atoms with Gasteiger partial charge in [0, 0.05) is 18.1 Å². The predicted octanol–water partition coefficient (Wildman–Crippen LogP) is 2.96. The van der Waals surface area contributed by atoms with E-state index in [0.29, 0.717) is 6.61 Å². The quantitative estimate of drug-likeness (QED) is 0.922. The summed E-state index contributed by atoms with van der Waals surface area (Å²) in [5.41, 5.74) is -0.494. The monoisotopic (exact) mass is 283 g/mol. The van der Waals surface area contributed by atoms with Crippen LogP contribution in [0.2, 0.25) is 5.02 Å². The number of halogens is 1. The first-order chi connectivity index (χ1) is 9.05. The van der Waals surface area contributed by atoms with Crippen LogP contribution < -0.4 is 4.74 Å². The number of rotatable bonds is 4. The van der Waals surface area contributed by atoms with Crippen LogP contribution in [0.1, 0.15) is 26.2 Å². The minimum absolute atomic E-state index is 0.494. The molecule has 1 N–H and O–H groups in total. The topological polar surface area (TPSA) is 32.7 Å². The zero-order chi connectivity index (χ0) is 13.7. The van der Waals surface area contributed by atoms with Crippen LogP contribution in [0.25, 0.3) is 0 Å². The van der Waals surface area contributed by atoms with Gasteiger partial charge in [-0.1, -0.05) is 11.6 Å². The van der Waals surface area contributed by atoms with Crippen LogP contribution in [0.15, 0.2) is 24.3 Å². The van der Waals surface area contributed by atoms with E-state index in [0.717, 1.165) is 49.7 Å². The van der Waals surface area contributed by atoms with E-state index < -0.39 is 5.60 Å². The second-order valence-corrected chi connectivity index (χ2v) is 5.93. The Bertz CT molecular complexity index is 392. The minimum Gasteiger partial charge on any atom is -0.492 e. The lowest BCUT2D eigenvalue weighted by Crippen LogP contribution is -2.31. The molecule has 1 saturated heterocycles. The molecular weight excluding hydrogens is 262 g/mol. The van der Waals surface area contributed by atoms with E-state index in [2.05, 4.69) is 4.90 Å². The normalized spacial score (nSPS) is 25.0. The second kappa shape index (κ2) is 6.60. The van der Waals surface area contributed by atoms with Gasteiger partial charge in [0.25, 0.3) is 0 Å². The van der Waals surface area contributed by atoms with E-state index in [1.54, 1.807) is 0 Å². The van der Waals surface area contributed by atoms with Crippen molar-refractivity contribution < 1.29 is 9.84 Å². The number of ether oxygens (including phenoxy) is 1. The molecule has 3 nitrogen and oxygen atoms in total. The lowest BCUT2D eigenvalue weighted by atomic mass is 9.98. The Balaban J connectivity index is 1.72. The SMILES string of the molecule is CC1(O)CCCN(CCOc2ccc(Cl)cc2)CC1. The summed E-state index contributed by atoms with van der Waals surface area (Å²) >= 11 is 5.82. The first-order valence-electron chi connectivity index (χ1n) is 6.88. The van der Waals surface area contributed by atoms with Gasteiger partial charge in [0.15, 0.2) is 0 Å². The van der Waals surface area contributed by atoms with Crippen molar-refractivity contribution in [2.24, 2.45) is 0 Å². The Morgan fingerprint density at radius 1 is 1.26 bits per heavy atom. The molecule has 0 radical (unpaired) electrons. The average Bonchev–Trinajstić information content (AvgIpc) is 2.53. The molecule has 4 heteroatoms. The van der Waals surface area contributed by atoms with E-state index in [4.69, 9.17) is 16.3 Å². The maximum Gasteiger partial charge on any atom is 0.119 e. The molecule has 1 aliphatic rings. The first-order valence-corrected chi connectivity index (χ1v) is 7.26. The first kappa shape index (κ1) is 14.6. The molecule has 1 fully saturated rings. The summed E-state index contributed by atoms with van der Waals surface area (Å²) < 4.78 is 5.69. The maximum absolute atomic E-state index is 10.0. The largest absolute Gasteiger partial charge is 0.492 e. The third kappa shape index (κ3) is 5.01. The molecule has 0 bridgehead atoms. The molecule has 1 aromatic rings. The number of hydrogen-bond acceptors (Lipinski definition) is 3. The number of aliphatic hydroxyl groups is 1. The molecular formula is C15H22ClNO2. The van der Waals surface area contributed by atoms with E-state index in [1.807, 2.05) is 31.2 Å². The predicted molar refractivity (Wildman–Crippen MR) is 77.9 cm³/mol. The Morgan fingerprint density at radius 3 is 2.74 bits per heavy atom. The van der Waals surface area contributed by atoms with Crippen molar-refractivity contribution in [3.05, 3.63) is 29.3 Å². The van der Waals surface area contributed by atoms with Gasteiger partial charge < -0.3 is 9.84 Å². The molecule has 0 aromatic heterocycles. The van der Waals surface area contributed by atoms with Crippen molar-refractivity contribution in [3.63, 3.8) is 0 Å². The molecule has 0 saturated carbocycles. The van der Waals surface area contributed by atoms with Crippen LogP contribution in [0.4, 0.5) is 0 Å². The van der Waals surface area contributed by atoms with Gasteiger partial charge in [0.2, 0.25) is 0 Å². The van der Waals surface area contributed by atoms with Crippen LogP contribution in [-0.2, 0) is 0 Å². The summed E-state index contributed by atoms with van der Waals surface area (Å²) in [6.45, 7) is 5.49. The van der Waals surface area contributed by atoms with E-state index >= 15 is 0 Å². The molecule has 19 heavy (non-hydrogen) atoms. The minimum atomic E-state index is -0.494. The Hall–Kier alpha value is -0.770. The molecule has 1 atom stereocenters. The lowest BCUT2D eigenvalue weighted by molar-refractivity contribution is 0.0442. The Morgan fingerprint density at radius 2 is 2.00 bits per heavy atom. The van der Waals surface area contributed by atoms with Crippen LogP contribution in [0, 0.1) is 0 Å². The highest BCUT2D eigenvalue weighted by Gasteiger charge is 2.24. The van der Waals surface area contributed by atoms with Crippen molar-refractivity contribution in [1.29, 1.82) is 0 Å². The van der Waals surface area contributed by atoms with E-state index in [9.17, 15) is 5.11 Å². The van der Waals surface area contributed by atoms with Gasteiger partial charge >= 0.3 is 0 Å². The molecule has 1 aliphatic heterocycles. The zero-order valence-electron chi connectivity index (χ0n) is 11.4. The maximum atomic E-state index is 10.0. The summed E-state index contributed by atoms with van der Waals surface area (Å²) in [7, 11) is 0. The summed E-state index contributed by atoms with van der Waals surface area (Å²) in [6, 6.07) is 7.44. The van der Waals surface area contributed by atoms with Crippen LogP contribution >= 0.6 is 11.6 Å². The Labute approximate surface area is 120 Å². The van der Waals surface area contributed by atoms with Gasteiger partial charge in [0.1, 0.15) is 12.4 Å².